The fraction of sp³-hybridized carbons (Fsp3) is 0.304. The molecule has 0 saturated carbocycles. The van der Waals surface area contributed by atoms with E-state index >= 15 is 0 Å². The van der Waals surface area contributed by atoms with Gasteiger partial charge in [-0.1, -0.05) is 44.2 Å². The first-order chi connectivity index (χ1) is 14.9. The van der Waals surface area contributed by atoms with Gasteiger partial charge in [-0.25, -0.2) is 13.4 Å². The lowest BCUT2D eigenvalue weighted by Crippen LogP contribution is -2.47. The molecule has 3 aromatic rings. The molecule has 1 aliphatic rings. The monoisotopic (exact) mass is 437 g/mol. The molecule has 1 aromatic heterocycles. The first-order valence-electron chi connectivity index (χ1n) is 10.4. The number of sulfone groups is 1. The average Bonchev–Trinajstić information content (AvgIpc) is 2.79. The van der Waals surface area contributed by atoms with Crippen molar-refractivity contribution in [2.45, 2.75) is 29.6 Å². The summed E-state index contributed by atoms with van der Waals surface area (Å²) in [6.07, 6.45) is 1.33. The summed E-state index contributed by atoms with van der Waals surface area (Å²) in [5.41, 5.74) is 8.35. The maximum atomic E-state index is 13.0. The van der Waals surface area contributed by atoms with Crippen molar-refractivity contribution in [2.24, 2.45) is 0 Å². The fourth-order valence-electron chi connectivity index (χ4n) is 3.70. The average molecular weight is 438 g/mol. The van der Waals surface area contributed by atoms with E-state index in [1.165, 1.54) is 11.9 Å². The van der Waals surface area contributed by atoms with E-state index in [2.05, 4.69) is 40.8 Å². The molecule has 31 heavy (non-hydrogen) atoms. The van der Waals surface area contributed by atoms with Crippen LogP contribution >= 0.6 is 0 Å². The number of rotatable bonds is 5. The normalized spacial score (nSPS) is 14.8. The van der Waals surface area contributed by atoms with Crippen molar-refractivity contribution < 1.29 is 8.42 Å². The van der Waals surface area contributed by atoms with Gasteiger partial charge in [-0.2, -0.15) is 4.98 Å². The molecular formula is C23H27N5O2S. The van der Waals surface area contributed by atoms with Crippen LogP contribution < -0.4 is 15.5 Å². The maximum absolute atomic E-state index is 13.0. The SMILES string of the molecule is CC(C)c1ccc(S(=O)(=O)c2cnc(N3CCN(c4ccccc4)CC3)nc2N)cc1. The van der Waals surface area contributed by atoms with Gasteiger partial charge in [0.05, 0.1) is 11.1 Å². The summed E-state index contributed by atoms with van der Waals surface area (Å²) in [5.74, 6) is 0.759. The first kappa shape index (κ1) is 21.1. The zero-order valence-corrected chi connectivity index (χ0v) is 18.6. The van der Waals surface area contributed by atoms with Crippen molar-refractivity contribution in [3.63, 3.8) is 0 Å². The molecule has 0 atom stereocenters. The number of hydrogen-bond acceptors (Lipinski definition) is 7. The predicted molar refractivity (Wildman–Crippen MR) is 123 cm³/mol. The van der Waals surface area contributed by atoms with E-state index in [9.17, 15) is 8.42 Å². The Hall–Kier alpha value is -3.13. The molecular weight excluding hydrogens is 410 g/mol. The van der Waals surface area contributed by atoms with Gasteiger partial charge < -0.3 is 15.5 Å². The summed E-state index contributed by atoms with van der Waals surface area (Å²) in [4.78, 5) is 13.1. The zero-order chi connectivity index (χ0) is 22.0. The number of para-hydroxylation sites is 1. The number of benzene rings is 2. The summed E-state index contributed by atoms with van der Waals surface area (Å²) in [5, 5.41) is 0. The van der Waals surface area contributed by atoms with Gasteiger partial charge in [0.25, 0.3) is 0 Å². The summed E-state index contributed by atoms with van der Waals surface area (Å²) in [6, 6.07) is 17.1. The van der Waals surface area contributed by atoms with Gasteiger partial charge in [-0.3, -0.25) is 0 Å². The molecule has 0 unspecified atom stereocenters. The van der Waals surface area contributed by atoms with Crippen LogP contribution in [0.3, 0.4) is 0 Å². The molecule has 0 radical (unpaired) electrons. The second-order valence-corrected chi connectivity index (χ2v) is 9.87. The second-order valence-electron chi connectivity index (χ2n) is 7.96. The number of nitrogen functional groups attached to an aromatic ring is 1. The predicted octanol–water partition coefficient (Wildman–Crippen LogP) is 3.34. The highest BCUT2D eigenvalue weighted by Gasteiger charge is 2.25. The van der Waals surface area contributed by atoms with Crippen LogP contribution in [0.15, 0.2) is 70.6 Å². The van der Waals surface area contributed by atoms with Crippen LogP contribution in [-0.2, 0) is 9.84 Å². The van der Waals surface area contributed by atoms with Crippen LogP contribution in [0.4, 0.5) is 17.5 Å². The Bertz CT molecular complexity index is 1140. The molecule has 2 N–H and O–H groups in total. The van der Waals surface area contributed by atoms with Crippen molar-refractivity contribution in [1.29, 1.82) is 0 Å². The molecule has 8 heteroatoms. The molecule has 0 amide bonds. The highest BCUT2D eigenvalue weighted by Crippen LogP contribution is 2.27. The molecule has 0 bridgehead atoms. The van der Waals surface area contributed by atoms with Crippen molar-refractivity contribution in [1.82, 2.24) is 9.97 Å². The maximum Gasteiger partial charge on any atom is 0.227 e. The third-order valence-corrected chi connectivity index (χ3v) is 7.39. The molecule has 4 rings (SSSR count). The van der Waals surface area contributed by atoms with Crippen LogP contribution in [0.5, 0.6) is 0 Å². The van der Waals surface area contributed by atoms with Crippen LogP contribution in [-0.4, -0.2) is 44.6 Å². The van der Waals surface area contributed by atoms with E-state index in [-0.39, 0.29) is 15.6 Å². The molecule has 2 heterocycles. The summed E-state index contributed by atoms with van der Waals surface area (Å²) in [6.45, 7) is 7.25. The number of nitrogens with two attached hydrogens (primary N) is 1. The lowest BCUT2D eigenvalue weighted by molar-refractivity contribution is 0.595. The van der Waals surface area contributed by atoms with E-state index in [0.717, 1.165) is 31.7 Å². The van der Waals surface area contributed by atoms with Crippen LogP contribution in [0.25, 0.3) is 0 Å². The van der Waals surface area contributed by atoms with Gasteiger partial charge in [-0.05, 0) is 35.7 Å². The van der Waals surface area contributed by atoms with Crippen molar-refractivity contribution in [3.8, 4) is 0 Å². The number of nitrogens with zero attached hydrogens (tertiary/aromatic N) is 4. The Morgan fingerprint density at radius 1 is 0.903 bits per heavy atom. The Morgan fingerprint density at radius 3 is 2.10 bits per heavy atom. The Balaban J connectivity index is 1.50. The Labute approximate surface area is 183 Å². The van der Waals surface area contributed by atoms with Gasteiger partial charge >= 0.3 is 0 Å². The number of piperazine rings is 1. The van der Waals surface area contributed by atoms with Crippen molar-refractivity contribution in [2.75, 3.05) is 41.7 Å². The van der Waals surface area contributed by atoms with E-state index in [1.54, 1.807) is 12.1 Å². The molecule has 0 aliphatic carbocycles. The molecule has 7 nitrogen and oxygen atoms in total. The molecule has 2 aromatic carbocycles. The van der Waals surface area contributed by atoms with Gasteiger partial charge in [0, 0.05) is 31.9 Å². The van der Waals surface area contributed by atoms with Gasteiger partial charge in [0.2, 0.25) is 15.8 Å². The summed E-state index contributed by atoms with van der Waals surface area (Å²) >= 11 is 0. The summed E-state index contributed by atoms with van der Waals surface area (Å²) < 4.78 is 26.1. The minimum Gasteiger partial charge on any atom is -0.382 e. The minimum atomic E-state index is -3.78. The highest BCUT2D eigenvalue weighted by molar-refractivity contribution is 7.91. The number of aromatic nitrogens is 2. The summed E-state index contributed by atoms with van der Waals surface area (Å²) in [7, 11) is -3.78. The number of anilines is 3. The zero-order valence-electron chi connectivity index (χ0n) is 17.8. The smallest absolute Gasteiger partial charge is 0.227 e. The standard InChI is InChI=1S/C23H27N5O2S/c1-17(2)18-8-10-20(11-9-18)31(29,30)21-16-25-23(26-22(21)24)28-14-12-27(13-15-28)19-6-4-3-5-7-19/h3-11,16-17H,12-15H2,1-2H3,(H2,24,25,26). The molecule has 162 valence electrons. The van der Waals surface area contributed by atoms with Crippen molar-refractivity contribution >= 4 is 27.3 Å². The topological polar surface area (TPSA) is 92.4 Å². The molecule has 1 saturated heterocycles. The fourth-order valence-corrected chi connectivity index (χ4v) is 4.96. The van der Waals surface area contributed by atoms with Gasteiger partial charge in [0.1, 0.15) is 10.7 Å². The quantitative estimate of drug-likeness (QED) is 0.654. The second kappa shape index (κ2) is 8.55. The van der Waals surface area contributed by atoms with E-state index in [1.807, 2.05) is 35.2 Å². The molecule has 1 fully saturated rings. The largest absolute Gasteiger partial charge is 0.382 e. The third-order valence-electron chi connectivity index (χ3n) is 5.60. The minimum absolute atomic E-state index is 0.0246. The van der Waals surface area contributed by atoms with Crippen molar-refractivity contribution in [3.05, 3.63) is 66.4 Å². The van der Waals surface area contributed by atoms with Crippen LogP contribution in [0, 0.1) is 0 Å². The molecule has 0 spiro atoms. The lowest BCUT2D eigenvalue weighted by atomic mass is 10.0. The third kappa shape index (κ3) is 4.34. The lowest BCUT2D eigenvalue weighted by Gasteiger charge is -2.36. The van der Waals surface area contributed by atoms with E-state index in [4.69, 9.17) is 5.73 Å². The van der Waals surface area contributed by atoms with Gasteiger partial charge in [0.15, 0.2) is 0 Å². The Kier molecular flexibility index (Phi) is 5.82. The van der Waals surface area contributed by atoms with Gasteiger partial charge in [-0.15, -0.1) is 0 Å². The number of hydrogen-bond donors (Lipinski definition) is 1. The van der Waals surface area contributed by atoms with E-state index in [0.29, 0.717) is 11.9 Å². The van der Waals surface area contributed by atoms with E-state index < -0.39 is 9.84 Å². The first-order valence-corrected chi connectivity index (χ1v) is 11.9. The van der Waals surface area contributed by atoms with Crippen LogP contribution in [0.2, 0.25) is 0 Å². The Morgan fingerprint density at radius 2 is 1.52 bits per heavy atom. The van der Waals surface area contributed by atoms with Crippen LogP contribution in [0.1, 0.15) is 25.3 Å². The highest BCUT2D eigenvalue weighted by atomic mass is 32.2. The molecule has 1 aliphatic heterocycles.